The minimum absolute atomic E-state index is 0.0326. The molecule has 6 N–H and O–H groups in total. The van der Waals surface area contributed by atoms with Gasteiger partial charge in [-0.3, -0.25) is 43.2 Å². The predicted octanol–water partition coefficient (Wildman–Crippen LogP) is 3.25. The Balaban J connectivity index is 1.96. The molecule has 1 heterocycles. The molecule has 0 spiro atoms. The normalized spacial score (nSPS) is 13.8. The van der Waals surface area contributed by atoms with Crippen LogP contribution in [0.4, 0.5) is 0 Å². The van der Waals surface area contributed by atoms with E-state index in [2.05, 4.69) is 38.1 Å². The molecule has 24 heteroatoms. The van der Waals surface area contributed by atoms with Crippen LogP contribution >= 0.6 is 11.3 Å². The Labute approximate surface area is 467 Å². The van der Waals surface area contributed by atoms with E-state index in [9.17, 15) is 48.3 Å². The lowest BCUT2D eigenvalue weighted by Gasteiger charge is -2.38. The minimum atomic E-state index is -0.991. The van der Waals surface area contributed by atoms with Gasteiger partial charge in [-0.2, -0.15) is 0 Å². The van der Waals surface area contributed by atoms with Crippen molar-refractivity contribution in [1.29, 1.82) is 0 Å². The summed E-state index contributed by atoms with van der Waals surface area (Å²) in [5, 5.41) is 31.0. The van der Waals surface area contributed by atoms with Crippen molar-refractivity contribution in [2.75, 3.05) is 80.0 Å². The summed E-state index contributed by atoms with van der Waals surface area (Å²) in [7, 11) is 3.15. The average molecular weight is 1130 g/mol. The molecule has 0 radical (unpaired) electrons. The molecule has 0 aliphatic heterocycles. The number of nitrogens with one attached hydrogen (secondary N) is 4. The van der Waals surface area contributed by atoms with Gasteiger partial charge >= 0.3 is 17.9 Å². The first-order valence-corrected chi connectivity index (χ1v) is 27.5. The van der Waals surface area contributed by atoms with Gasteiger partial charge in [0.1, 0.15) is 22.8 Å². The summed E-state index contributed by atoms with van der Waals surface area (Å²) in [5.41, 5.74) is 0.984. The van der Waals surface area contributed by atoms with Crippen molar-refractivity contribution >= 4 is 64.7 Å². The van der Waals surface area contributed by atoms with Gasteiger partial charge in [-0.15, -0.1) is 11.3 Å². The van der Waals surface area contributed by atoms with Gasteiger partial charge < -0.3 is 65.0 Å². The van der Waals surface area contributed by atoms with Crippen LogP contribution < -0.4 is 21.3 Å². The van der Waals surface area contributed by atoms with Crippen molar-refractivity contribution in [1.82, 2.24) is 36.1 Å². The van der Waals surface area contributed by atoms with Gasteiger partial charge in [0.2, 0.25) is 17.7 Å². The van der Waals surface area contributed by atoms with E-state index >= 15 is 0 Å². The molecule has 0 bridgehead atoms. The molecule has 23 nitrogen and oxygen atoms in total. The second-order valence-corrected chi connectivity index (χ2v) is 20.6. The summed E-state index contributed by atoms with van der Waals surface area (Å²) in [6.45, 7) is 15.4. The molecule has 6 amide bonds. The molecule has 1 aromatic carbocycles. The fraction of sp³-hybridized carbons (Fsp3) is 0.636. The number of aromatic nitrogens is 1. The van der Waals surface area contributed by atoms with Crippen molar-refractivity contribution in [2.45, 2.75) is 124 Å². The second kappa shape index (κ2) is 37.4. The number of likely N-dealkylation sites (N-methyl/N-ethyl adjacent to an activating group) is 2. The van der Waals surface area contributed by atoms with E-state index in [1.165, 1.54) is 18.9 Å². The number of amides is 6. The predicted molar refractivity (Wildman–Crippen MR) is 292 cm³/mol. The Morgan fingerprint density at radius 3 is 1.77 bits per heavy atom. The minimum Gasteiger partial charge on any atom is -0.481 e. The van der Waals surface area contributed by atoms with Gasteiger partial charge in [-0.25, -0.2) is 4.98 Å². The molecule has 2 aromatic rings. The zero-order chi connectivity index (χ0) is 59.0. The molecule has 0 saturated heterocycles. The van der Waals surface area contributed by atoms with Crippen LogP contribution in [-0.2, 0) is 68.5 Å². The SMILES string of the molecule is CC[C@H](C)[C@H](NC(=O)[C@H](C(C)C)N(C)C(=O)CCOCCOCCNC(=O)C#CC(=O)NCCOCCOCCC(=O)O)C(=O)N(C)[C@H](C[C@@H](OC(C)=O)c1nc(C(=O)N[C@@H](Cc2ccccc2)CC(C)C(=O)O)cs1)C(C)C. The quantitative estimate of drug-likeness (QED) is 0.0319. The van der Waals surface area contributed by atoms with Gasteiger partial charge in [0.25, 0.3) is 17.7 Å². The third-order valence-electron chi connectivity index (χ3n) is 12.6. The summed E-state index contributed by atoms with van der Waals surface area (Å²) < 4.78 is 27.2. The number of thiazole rings is 1. The summed E-state index contributed by atoms with van der Waals surface area (Å²) in [6.07, 6.45) is 0.113. The van der Waals surface area contributed by atoms with Crippen LogP contribution in [0.5, 0.6) is 0 Å². The molecule has 0 aliphatic rings. The van der Waals surface area contributed by atoms with Gasteiger partial charge in [0.05, 0.1) is 71.6 Å². The summed E-state index contributed by atoms with van der Waals surface area (Å²) in [6, 6.07) is 6.40. The lowest BCUT2D eigenvalue weighted by molar-refractivity contribution is -0.149. The third-order valence-corrected chi connectivity index (χ3v) is 13.6. The van der Waals surface area contributed by atoms with Gasteiger partial charge in [-0.05, 0) is 36.2 Å². The Bertz CT molecular complexity index is 2320. The van der Waals surface area contributed by atoms with Crippen LogP contribution in [0.2, 0.25) is 0 Å². The third kappa shape index (κ3) is 26.8. The molecular formula is C55H83N7O16S. The number of benzene rings is 1. The van der Waals surface area contributed by atoms with Crippen molar-refractivity contribution in [3.8, 4) is 11.8 Å². The Morgan fingerprint density at radius 1 is 0.709 bits per heavy atom. The average Bonchev–Trinajstić information content (AvgIpc) is 3.90. The first-order chi connectivity index (χ1) is 37.5. The number of hydrogen-bond acceptors (Lipinski definition) is 16. The highest BCUT2D eigenvalue weighted by Gasteiger charge is 2.38. The maximum Gasteiger partial charge on any atom is 0.306 e. The molecule has 1 unspecified atom stereocenters. The van der Waals surface area contributed by atoms with Crippen LogP contribution in [0.3, 0.4) is 0 Å². The zero-order valence-electron chi connectivity index (χ0n) is 47.3. The van der Waals surface area contributed by atoms with Crippen molar-refractivity contribution in [3.63, 3.8) is 0 Å². The van der Waals surface area contributed by atoms with Crippen molar-refractivity contribution in [2.24, 2.45) is 23.7 Å². The number of esters is 1. The summed E-state index contributed by atoms with van der Waals surface area (Å²) >= 11 is 1.12. The van der Waals surface area contributed by atoms with Crippen LogP contribution in [0.1, 0.15) is 115 Å². The van der Waals surface area contributed by atoms with Gasteiger partial charge in [0, 0.05) is 69.8 Å². The van der Waals surface area contributed by atoms with E-state index in [4.69, 9.17) is 28.8 Å². The monoisotopic (exact) mass is 1130 g/mol. The van der Waals surface area contributed by atoms with Crippen molar-refractivity contribution in [3.05, 3.63) is 52.0 Å². The number of ether oxygens (including phenoxy) is 5. The largest absolute Gasteiger partial charge is 0.481 e. The molecule has 440 valence electrons. The molecule has 0 saturated carbocycles. The molecule has 2 rings (SSSR count). The fourth-order valence-corrected chi connectivity index (χ4v) is 8.95. The first-order valence-electron chi connectivity index (χ1n) is 26.6. The maximum atomic E-state index is 14.6. The lowest BCUT2D eigenvalue weighted by atomic mass is 9.92. The zero-order valence-corrected chi connectivity index (χ0v) is 48.2. The summed E-state index contributed by atoms with van der Waals surface area (Å²) in [4.78, 5) is 122. The highest BCUT2D eigenvalue weighted by molar-refractivity contribution is 7.09. The molecule has 0 fully saturated rings. The molecular weight excluding hydrogens is 1050 g/mol. The standard InChI is InChI=1S/C55H83N7O16S/c1-11-37(6)49(54(71)61(9)43(35(2)3)33-44(78-39(8)63)53-59-42(34-79-53)51(69)58-41(31-38(7)55(72)73)32-40-15-13-12-14-16-40)60-52(70)50(36(4)5)62(10)47(66)19-23-74-27-29-76-25-21-56-45(64)17-18-46(65)57-22-26-77-30-28-75-24-20-48(67)68/h12-16,34-38,41,43-44,49-50H,11,19-33H2,1-10H3,(H,56,64)(H,57,65)(H,58,69)(H,60,70)(H,67,68)(H,72,73)/t37-,38?,41+,43+,44+,49-,50-/m0/s1. The Morgan fingerprint density at radius 2 is 1.27 bits per heavy atom. The van der Waals surface area contributed by atoms with E-state index in [-0.39, 0.29) is 127 Å². The van der Waals surface area contributed by atoms with Crippen molar-refractivity contribution < 1.29 is 77.0 Å². The van der Waals surface area contributed by atoms with Crippen LogP contribution in [0.15, 0.2) is 35.7 Å². The number of carbonyl (C=O) groups is 9. The molecule has 7 atom stereocenters. The number of hydrogen-bond donors (Lipinski definition) is 6. The number of nitrogens with zero attached hydrogens (tertiary/aromatic N) is 3. The van der Waals surface area contributed by atoms with E-state index in [0.717, 1.165) is 16.9 Å². The van der Waals surface area contributed by atoms with Crippen LogP contribution in [-0.4, -0.2) is 183 Å². The number of carboxylic acids is 2. The van der Waals surface area contributed by atoms with E-state index in [1.807, 2.05) is 58.0 Å². The van der Waals surface area contributed by atoms with E-state index in [0.29, 0.717) is 17.8 Å². The van der Waals surface area contributed by atoms with Gasteiger partial charge in [-0.1, -0.05) is 85.2 Å². The number of carbonyl (C=O) groups excluding carboxylic acids is 7. The fourth-order valence-electron chi connectivity index (χ4n) is 8.12. The van der Waals surface area contributed by atoms with Crippen LogP contribution in [0.25, 0.3) is 0 Å². The number of aliphatic carboxylic acids is 2. The molecule has 0 aliphatic carbocycles. The number of carboxylic acid groups (broad SMARTS) is 2. The second-order valence-electron chi connectivity index (χ2n) is 19.7. The lowest BCUT2D eigenvalue weighted by Crippen LogP contribution is -2.59. The molecule has 1 aromatic heterocycles. The first kappa shape index (κ1) is 68.6. The highest BCUT2D eigenvalue weighted by Crippen LogP contribution is 2.31. The van der Waals surface area contributed by atoms with E-state index < -0.39 is 77.7 Å². The maximum absolute atomic E-state index is 14.6. The number of rotatable bonds is 38. The smallest absolute Gasteiger partial charge is 0.306 e. The topological polar surface area (TPSA) is 308 Å². The van der Waals surface area contributed by atoms with Gasteiger partial charge in [0.15, 0.2) is 6.10 Å². The highest BCUT2D eigenvalue weighted by atomic mass is 32.1. The Hall–Kier alpha value is -6.52. The Kier molecular flexibility index (Phi) is 32.4. The van der Waals surface area contributed by atoms with Crippen LogP contribution in [0, 0.1) is 35.5 Å². The van der Waals surface area contributed by atoms with E-state index in [1.54, 1.807) is 38.1 Å². The molecule has 79 heavy (non-hydrogen) atoms. The summed E-state index contributed by atoms with van der Waals surface area (Å²) in [5.74, 6) is -2.89.